The number of likely N-dealkylation sites (tertiary alicyclic amines) is 1. The van der Waals surface area contributed by atoms with Gasteiger partial charge in [-0.3, -0.25) is 14.6 Å². The Morgan fingerprint density at radius 3 is 2.73 bits per heavy atom. The minimum atomic E-state index is -0.326. The Labute approximate surface area is 194 Å². The van der Waals surface area contributed by atoms with Crippen LogP contribution in [-0.4, -0.2) is 37.3 Å². The highest BCUT2D eigenvalue weighted by molar-refractivity contribution is 5.94. The maximum Gasteiger partial charge on any atom is 0.261 e. The normalized spacial score (nSPS) is 15.8. The molecule has 1 amide bonds. The zero-order valence-electron chi connectivity index (χ0n) is 19.8. The number of nitrogens with zero attached hydrogens (tertiary/aromatic N) is 4. The summed E-state index contributed by atoms with van der Waals surface area (Å²) in [5.74, 6) is 0.542. The summed E-state index contributed by atoms with van der Waals surface area (Å²) in [7, 11) is 0. The van der Waals surface area contributed by atoms with Crippen LogP contribution in [-0.2, 0) is 12.8 Å². The first-order chi connectivity index (χ1) is 15.9. The number of amides is 1. The van der Waals surface area contributed by atoms with Crippen LogP contribution in [0.4, 0.5) is 0 Å². The van der Waals surface area contributed by atoms with Crippen LogP contribution in [0.15, 0.2) is 35.5 Å². The number of aromatic nitrogens is 4. The van der Waals surface area contributed by atoms with E-state index >= 15 is 0 Å². The maximum absolute atomic E-state index is 13.6. The van der Waals surface area contributed by atoms with Gasteiger partial charge in [0.15, 0.2) is 0 Å². The van der Waals surface area contributed by atoms with Crippen LogP contribution in [0.25, 0.3) is 11.1 Å². The summed E-state index contributed by atoms with van der Waals surface area (Å²) in [6.45, 7) is 8.63. The zero-order valence-corrected chi connectivity index (χ0v) is 19.8. The highest BCUT2D eigenvalue weighted by Crippen LogP contribution is 2.38. The molecule has 1 aliphatic heterocycles. The fourth-order valence-electron chi connectivity index (χ4n) is 4.66. The first-order valence-corrected chi connectivity index (χ1v) is 11.7. The molecule has 3 aromatic rings. The maximum atomic E-state index is 13.6. The monoisotopic (exact) mass is 445 g/mol. The number of carbonyl (C=O) groups excluding carboxylic acids is 1. The number of pyridine rings is 2. The molecule has 1 saturated heterocycles. The third-order valence-corrected chi connectivity index (χ3v) is 6.41. The lowest BCUT2D eigenvalue weighted by Crippen LogP contribution is -2.35. The van der Waals surface area contributed by atoms with Gasteiger partial charge in [-0.05, 0) is 68.4 Å². The van der Waals surface area contributed by atoms with E-state index < -0.39 is 0 Å². The van der Waals surface area contributed by atoms with E-state index in [0.29, 0.717) is 6.54 Å². The van der Waals surface area contributed by atoms with Gasteiger partial charge in [-0.2, -0.15) is 0 Å². The summed E-state index contributed by atoms with van der Waals surface area (Å²) in [6, 6.07) is 3.49. The molecule has 4 heterocycles. The first kappa shape index (κ1) is 22.8. The van der Waals surface area contributed by atoms with Crippen LogP contribution >= 0.6 is 0 Å². The summed E-state index contributed by atoms with van der Waals surface area (Å²) in [6.07, 6.45) is 9.58. The summed E-state index contributed by atoms with van der Waals surface area (Å²) < 4.78 is 0. The zero-order chi connectivity index (χ0) is 23.5. The molecule has 4 rings (SSSR count). The molecule has 3 aromatic heterocycles. The van der Waals surface area contributed by atoms with Gasteiger partial charge in [-0.1, -0.05) is 13.8 Å². The van der Waals surface area contributed by atoms with Crippen molar-refractivity contribution in [2.24, 2.45) is 0 Å². The molecule has 1 N–H and O–H groups in total. The van der Waals surface area contributed by atoms with Gasteiger partial charge in [0.1, 0.15) is 11.4 Å². The van der Waals surface area contributed by atoms with Gasteiger partial charge < -0.3 is 9.88 Å². The highest BCUT2D eigenvalue weighted by Gasteiger charge is 2.35. The fourth-order valence-corrected chi connectivity index (χ4v) is 4.66. The van der Waals surface area contributed by atoms with E-state index in [4.69, 9.17) is 4.98 Å². The van der Waals surface area contributed by atoms with Gasteiger partial charge in [-0.25, -0.2) is 9.97 Å². The van der Waals surface area contributed by atoms with Crippen LogP contribution in [0.2, 0.25) is 0 Å². The molecule has 0 bridgehead atoms. The van der Waals surface area contributed by atoms with Crippen molar-refractivity contribution in [3.05, 3.63) is 75.0 Å². The van der Waals surface area contributed by atoms with Crippen molar-refractivity contribution in [3.8, 4) is 11.1 Å². The Balaban J connectivity index is 1.79. The average molecular weight is 446 g/mol. The van der Waals surface area contributed by atoms with Crippen molar-refractivity contribution in [1.82, 2.24) is 24.8 Å². The molecule has 1 aliphatic rings. The van der Waals surface area contributed by atoms with E-state index in [1.165, 1.54) is 0 Å². The number of carbonyl (C=O) groups is 1. The Kier molecular flexibility index (Phi) is 6.67. The second kappa shape index (κ2) is 9.65. The average Bonchev–Trinajstić information content (AvgIpc) is 3.30. The van der Waals surface area contributed by atoms with Crippen LogP contribution in [0.3, 0.4) is 0 Å². The summed E-state index contributed by atoms with van der Waals surface area (Å²) in [4.78, 5) is 44.8. The third-order valence-electron chi connectivity index (χ3n) is 6.41. The lowest BCUT2D eigenvalue weighted by molar-refractivity contribution is 0.0731. The topological polar surface area (TPSA) is 91.8 Å². The van der Waals surface area contributed by atoms with Gasteiger partial charge in [0.25, 0.3) is 11.5 Å². The molecule has 0 radical (unpaired) electrons. The van der Waals surface area contributed by atoms with Crippen molar-refractivity contribution in [2.75, 3.05) is 6.54 Å². The SMILES string of the molecule is CCCc1ncc(-c2ccncc2C)c([C@@H]2CCCN2C(=O)c2cc(C)c(CC)[nH]c2=O)n1. The van der Waals surface area contributed by atoms with Crippen LogP contribution < -0.4 is 5.56 Å². The highest BCUT2D eigenvalue weighted by atomic mass is 16.2. The van der Waals surface area contributed by atoms with Gasteiger partial charge in [0.05, 0.1) is 11.7 Å². The van der Waals surface area contributed by atoms with E-state index in [0.717, 1.165) is 71.6 Å². The minimum Gasteiger partial charge on any atom is -0.330 e. The number of H-pyrrole nitrogens is 1. The standard InChI is InChI=1S/C26H31N5O2/c1-5-8-23-28-15-20(18-10-11-27-14-17(18)4)24(30-23)22-9-7-12-31(22)26(33)19-13-16(3)21(6-2)29-25(19)32/h10-11,13-15,22H,5-9,12H2,1-4H3,(H,29,32)/t22-/m0/s1. The van der Waals surface area contributed by atoms with E-state index in [1.54, 1.807) is 12.3 Å². The van der Waals surface area contributed by atoms with Crippen molar-refractivity contribution >= 4 is 5.91 Å². The minimum absolute atomic E-state index is 0.195. The molecular formula is C26H31N5O2. The molecule has 172 valence electrons. The van der Waals surface area contributed by atoms with Crippen molar-refractivity contribution in [1.29, 1.82) is 0 Å². The quantitative estimate of drug-likeness (QED) is 0.609. The van der Waals surface area contributed by atoms with Crippen molar-refractivity contribution in [2.45, 2.75) is 65.8 Å². The number of nitrogens with one attached hydrogen (secondary N) is 1. The molecule has 0 spiro atoms. The molecule has 33 heavy (non-hydrogen) atoms. The molecule has 0 unspecified atom stereocenters. The summed E-state index contributed by atoms with van der Waals surface area (Å²) in [5, 5.41) is 0. The fraction of sp³-hybridized carbons (Fsp3) is 0.423. The van der Waals surface area contributed by atoms with Crippen LogP contribution in [0, 0.1) is 13.8 Å². The van der Waals surface area contributed by atoms with E-state index in [2.05, 4.69) is 21.9 Å². The Bertz CT molecular complexity index is 1230. The Morgan fingerprint density at radius 1 is 1.18 bits per heavy atom. The predicted molar refractivity (Wildman–Crippen MR) is 128 cm³/mol. The number of aryl methyl sites for hydroxylation is 4. The van der Waals surface area contributed by atoms with Crippen LogP contribution in [0.1, 0.15) is 77.8 Å². The molecule has 1 fully saturated rings. The molecule has 0 aromatic carbocycles. The molecular weight excluding hydrogens is 414 g/mol. The first-order valence-electron chi connectivity index (χ1n) is 11.7. The number of hydrogen-bond acceptors (Lipinski definition) is 5. The Morgan fingerprint density at radius 2 is 2.00 bits per heavy atom. The predicted octanol–water partition coefficient (Wildman–Crippen LogP) is 4.34. The summed E-state index contributed by atoms with van der Waals surface area (Å²) in [5.41, 5.74) is 5.49. The molecule has 0 aliphatic carbocycles. The van der Waals surface area contributed by atoms with Gasteiger partial charge in [0.2, 0.25) is 0 Å². The van der Waals surface area contributed by atoms with Crippen LogP contribution in [0.5, 0.6) is 0 Å². The van der Waals surface area contributed by atoms with E-state index in [1.807, 2.05) is 44.1 Å². The van der Waals surface area contributed by atoms with Crippen molar-refractivity contribution in [3.63, 3.8) is 0 Å². The molecule has 7 heteroatoms. The van der Waals surface area contributed by atoms with E-state index in [9.17, 15) is 9.59 Å². The second-order valence-corrected chi connectivity index (χ2v) is 8.71. The third kappa shape index (κ3) is 4.45. The molecule has 1 atom stereocenters. The van der Waals surface area contributed by atoms with E-state index in [-0.39, 0.29) is 23.1 Å². The lowest BCUT2D eigenvalue weighted by Gasteiger charge is -2.26. The van der Waals surface area contributed by atoms with Gasteiger partial charge >= 0.3 is 0 Å². The molecule has 7 nitrogen and oxygen atoms in total. The Hall–Kier alpha value is -3.35. The van der Waals surface area contributed by atoms with Gasteiger partial charge in [0, 0.05) is 42.8 Å². The summed E-state index contributed by atoms with van der Waals surface area (Å²) >= 11 is 0. The second-order valence-electron chi connectivity index (χ2n) is 8.71. The largest absolute Gasteiger partial charge is 0.330 e. The smallest absolute Gasteiger partial charge is 0.261 e. The number of rotatable bonds is 6. The van der Waals surface area contributed by atoms with Crippen molar-refractivity contribution < 1.29 is 4.79 Å². The number of hydrogen-bond donors (Lipinski definition) is 1. The number of aromatic amines is 1. The van der Waals surface area contributed by atoms with Gasteiger partial charge in [-0.15, -0.1) is 0 Å². The molecule has 0 saturated carbocycles. The lowest BCUT2D eigenvalue weighted by atomic mass is 9.97.